The van der Waals surface area contributed by atoms with Gasteiger partial charge in [-0.05, 0) is 30.9 Å². The fourth-order valence-electron chi connectivity index (χ4n) is 1.93. The van der Waals surface area contributed by atoms with Gasteiger partial charge < -0.3 is 15.1 Å². The summed E-state index contributed by atoms with van der Waals surface area (Å²) in [5.41, 5.74) is -0.160. The van der Waals surface area contributed by atoms with Gasteiger partial charge in [0.25, 0.3) is 0 Å². The number of rotatable bonds is 9. The maximum Gasteiger partial charge on any atom is 0.191 e. The van der Waals surface area contributed by atoms with Gasteiger partial charge in [-0.2, -0.15) is 0 Å². The number of halogens is 1. The van der Waals surface area contributed by atoms with Crippen LogP contribution in [0.2, 0.25) is 0 Å². The third kappa shape index (κ3) is 10.9. The first-order valence-corrected chi connectivity index (χ1v) is 10.0. The molecule has 0 fully saturated rings. The summed E-state index contributed by atoms with van der Waals surface area (Å²) in [5.74, 6) is 1.87. The summed E-state index contributed by atoms with van der Waals surface area (Å²) in [4.78, 5) is 4.57. The van der Waals surface area contributed by atoms with Gasteiger partial charge in [-0.1, -0.05) is 13.8 Å². The number of sulfone groups is 1. The third-order valence-corrected chi connectivity index (χ3v) is 4.35. The molecule has 0 saturated heterocycles. The van der Waals surface area contributed by atoms with E-state index in [9.17, 15) is 8.42 Å². The molecule has 0 unspecified atom stereocenters. The zero-order valence-electron chi connectivity index (χ0n) is 15.0. The Balaban J connectivity index is 0.00000529. The van der Waals surface area contributed by atoms with E-state index in [4.69, 9.17) is 4.42 Å². The molecular weight excluding hydrogens is 441 g/mol. The fraction of sp³-hybridized carbons (Fsp3) is 0.688. The molecule has 24 heavy (non-hydrogen) atoms. The number of hydrogen-bond acceptors (Lipinski definition) is 4. The molecule has 2 N–H and O–H groups in total. The van der Waals surface area contributed by atoms with Crippen LogP contribution >= 0.6 is 24.0 Å². The largest absolute Gasteiger partial charge is 0.469 e. The maximum atomic E-state index is 11.3. The van der Waals surface area contributed by atoms with Crippen LogP contribution in [0.15, 0.2) is 27.8 Å². The van der Waals surface area contributed by atoms with Gasteiger partial charge >= 0.3 is 0 Å². The average Bonchev–Trinajstić information content (AvgIpc) is 2.95. The van der Waals surface area contributed by atoms with Gasteiger partial charge in [0, 0.05) is 32.3 Å². The molecule has 8 heteroatoms. The molecule has 0 aliphatic carbocycles. The molecule has 0 amide bonds. The van der Waals surface area contributed by atoms with Gasteiger partial charge in [-0.15, -0.1) is 24.0 Å². The van der Waals surface area contributed by atoms with E-state index in [0.29, 0.717) is 13.0 Å². The highest BCUT2D eigenvalue weighted by atomic mass is 127. The monoisotopic (exact) mass is 471 g/mol. The second kappa shape index (κ2) is 11.0. The summed E-state index contributed by atoms with van der Waals surface area (Å²) in [6.45, 7) is 8.15. The molecule has 0 spiro atoms. The SMILES string of the molecule is CCNC(=NCC(C)(C)CCS(C)(=O)=O)NCCc1ccco1.I. The van der Waals surface area contributed by atoms with Gasteiger partial charge in [0.05, 0.1) is 12.0 Å². The minimum absolute atomic E-state index is 0. The number of nitrogens with zero attached hydrogens (tertiary/aromatic N) is 1. The number of nitrogens with one attached hydrogen (secondary N) is 2. The van der Waals surface area contributed by atoms with Crippen LogP contribution in [-0.4, -0.2) is 46.0 Å². The van der Waals surface area contributed by atoms with Gasteiger partial charge in [-0.25, -0.2) is 8.42 Å². The summed E-state index contributed by atoms with van der Waals surface area (Å²) in [6.07, 6.45) is 4.32. The van der Waals surface area contributed by atoms with Crippen LogP contribution in [0.4, 0.5) is 0 Å². The zero-order chi connectivity index (χ0) is 17.3. The van der Waals surface area contributed by atoms with Crippen molar-refractivity contribution >= 4 is 39.8 Å². The molecule has 0 aliphatic rings. The van der Waals surface area contributed by atoms with Crippen LogP contribution in [0.3, 0.4) is 0 Å². The van der Waals surface area contributed by atoms with E-state index >= 15 is 0 Å². The first-order valence-electron chi connectivity index (χ1n) is 7.94. The predicted molar refractivity (Wildman–Crippen MR) is 110 cm³/mol. The van der Waals surface area contributed by atoms with E-state index in [2.05, 4.69) is 15.6 Å². The van der Waals surface area contributed by atoms with Crippen molar-refractivity contribution in [2.75, 3.05) is 31.6 Å². The van der Waals surface area contributed by atoms with E-state index in [0.717, 1.165) is 31.2 Å². The van der Waals surface area contributed by atoms with Gasteiger partial charge in [0.1, 0.15) is 15.6 Å². The van der Waals surface area contributed by atoms with E-state index < -0.39 is 9.84 Å². The molecule has 1 heterocycles. The number of aliphatic imine (C=N–C) groups is 1. The van der Waals surface area contributed by atoms with Crippen molar-refractivity contribution in [1.82, 2.24) is 10.6 Å². The third-order valence-electron chi connectivity index (χ3n) is 3.40. The van der Waals surface area contributed by atoms with Crippen molar-refractivity contribution < 1.29 is 12.8 Å². The summed E-state index contributed by atoms with van der Waals surface area (Å²) >= 11 is 0. The predicted octanol–water partition coefficient (Wildman–Crippen LogP) is 2.46. The summed E-state index contributed by atoms with van der Waals surface area (Å²) in [6, 6.07) is 3.82. The number of guanidine groups is 1. The molecule has 0 aliphatic heterocycles. The van der Waals surface area contributed by atoms with Crippen molar-refractivity contribution in [2.45, 2.75) is 33.6 Å². The average molecular weight is 471 g/mol. The van der Waals surface area contributed by atoms with E-state index in [1.807, 2.05) is 32.9 Å². The Morgan fingerprint density at radius 3 is 2.58 bits per heavy atom. The molecule has 140 valence electrons. The maximum absolute atomic E-state index is 11.3. The molecule has 0 radical (unpaired) electrons. The van der Waals surface area contributed by atoms with Crippen LogP contribution < -0.4 is 10.6 Å². The second-order valence-corrected chi connectivity index (χ2v) is 8.76. The molecule has 6 nitrogen and oxygen atoms in total. The van der Waals surface area contributed by atoms with Crippen LogP contribution in [-0.2, 0) is 16.3 Å². The first-order chi connectivity index (χ1) is 10.7. The van der Waals surface area contributed by atoms with Crippen molar-refractivity contribution in [1.29, 1.82) is 0 Å². The van der Waals surface area contributed by atoms with Gasteiger partial charge in [0.15, 0.2) is 5.96 Å². The quantitative estimate of drug-likeness (QED) is 0.329. The molecule has 1 rings (SSSR count). The molecule has 1 aromatic heterocycles. The van der Waals surface area contributed by atoms with Crippen molar-refractivity contribution in [3.8, 4) is 0 Å². The van der Waals surface area contributed by atoms with Crippen molar-refractivity contribution in [3.63, 3.8) is 0 Å². The highest BCUT2D eigenvalue weighted by Gasteiger charge is 2.20. The number of hydrogen-bond donors (Lipinski definition) is 2. The Morgan fingerprint density at radius 1 is 1.33 bits per heavy atom. The van der Waals surface area contributed by atoms with Crippen LogP contribution in [0, 0.1) is 5.41 Å². The van der Waals surface area contributed by atoms with Crippen LogP contribution in [0.1, 0.15) is 33.0 Å². The molecule has 0 bridgehead atoms. The minimum atomic E-state index is -2.94. The summed E-state index contributed by atoms with van der Waals surface area (Å²) in [5, 5.41) is 6.46. The van der Waals surface area contributed by atoms with E-state index in [-0.39, 0.29) is 35.1 Å². The molecular formula is C16H30IN3O3S. The summed E-state index contributed by atoms with van der Waals surface area (Å²) in [7, 11) is -2.94. The van der Waals surface area contributed by atoms with Gasteiger partial charge in [-0.3, -0.25) is 4.99 Å². The minimum Gasteiger partial charge on any atom is -0.469 e. The highest BCUT2D eigenvalue weighted by Crippen LogP contribution is 2.21. The molecule has 0 aromatic carbocycles. The highest BCUT2D eigenvalue weighted by molar-refractivity contribution is 14.0. The lowest BCUT2D eigenvalue weighted by molar-refractivity contribution is 0.365. The smallest absolute Gasteiger partial charge is 0.191 e. The van der Waals surface area contributed by atoms with Gasteiger partial charge in [0.2, 0.25) is 0 Å². The number of furan rings is 1. The molecule has 0 saturated carbocycles. The van der Waals surface area contributed by atoms with Crippen molar-refractivity contribution in [3.05, 3.63) is 24.2 Å². The summed E-state index contributed by atoms with van der Waals surface area (Å²) < 4.78 is 27.9. The standard InChI is InChI=1S/C16H29N3O3S.HI/c1-5-17-15(18-10-8-14-7-6-11-22-14)19-13-16(2,3)9-12-23(4,20)21;/h6-7,11H,5,8-10,12-13H2,1-4H3,(H2,17,18,19);1H. The van der Waals surface area contributed by atoms with E-state index in [1.165, 1.54) is 6.26 Å². The topological polar surface area (TPSA) is 83.7 Å². The van der Waals surface area contributed by atoms with Crippen molar-refractivity contribution in [2.24, 2.45) is 10.4 Å². The Kier molecular flexibility index (Phi) is 10.6. The molecule has 1 aromatic rings. The second-order valence-electron chi connectivity index (χ2n) is 6.50. The first kappa shape index (κ1) is 23.2. The molecule has 0 atom stereocenters. The zero-order valence-corrected chi connectivity index (χ0v) is 18.1. The van der Waals surface area contributed by atoms with E-state index in [1.54, 1.807) is 6.26 Å². The Bertz CT molecular complexity index is 584. The Morgan fingerprint density at radius 2 is 2.04 bits per heavy atom. The lowest BCUT2D eigenvalue weighted by Crippen LogP contribution is -2.39. The lowest BCUT2D eigenvalue weighted by atomic mass is 9.90. The lowest BCUT2D eigenvalue weighted by Gasteiger charge is -2.22. The Hall–Kier alpha value is -0.770. The normalized spacial score (nSPS) is 12.6. The Labute approximate surface area is 162 Å². The van der Waals surface area contributed by atoms with Crippen LogP contribution in [0.25, 0.3) is 0 Å². The fourth-order valence-corrected chi connectivity index (χ4v) is 2.86. The van der Waals surface area contributed by atoms with Crippen LogP contribution in [0.5, 0.6) is 0 Å².